The summed E-state index contributed by atoms with van der Waals surface area (Å²) < 4.78 is 1.71. The van der Waals surface area contributed by atoms with E-state index < -0.39 is 23.2 Å². The molecule has 0 fully saturated rings. The van der Waals surface area contributed by atoms with Crippen LogP contribution in [-0.2, 0) is 18.1 Å². The van der Waals surface area contributed by atoms with Crippen molar-refractivity contribution >= 4 is 23.6 Å². The second kappa shape index (κ2) is 18.2. The molecule has 0 saturated heterocycles. The minimum atomic E-state index is -1.16. The standard InChI is InChI=1S/C48H47N7O3/c1-54-44(53-48(40-26-14-5-15-27-40,41-28-16-6-17-29-41)42-30-18-7-19-31-42)43(36-51-54)52-45(56)55(34-32-49-46(57)58)35-33-50-47(37-20-8-2-9-21-37,38-22-10-3-11-23-38)39-24-12-4-13-25-39/h2-31,36,49-50,53H,32-35H2,1H3,(H,52,56)(H,57,58). The number of nitrogens with one attached hydrogen (secondary N) is 4. The molecule has 0 saturated carbocycles. The van der Waals surface area contributed by atoms with Gasteiger partial charge in [-0.1, -0.05) is 182 Å². The molecule has 10 nitrogen and oxygen atoms in total. The van der Waals surface area contributed by atoms with Gasteiger partial charge < -0.3 is 26.0 Å². The van der Waals surface area contributed by atoms with E-state index in [4.69, 9.17) is 0 Å². The minimum absolute atomic E-state index is 0.0429. The van der Waals surface area contributed by atoms with Gasteiger partial charge in [-0.15, -0.1) is 0 Å². The third kappa shape index (κ3) is 8.33. The summed E-state index contributed by atoms with van der Waals surface area (Å²) in [6.45, 7) is 0.796. The molecule has 0 bridgehead atoms. The van der Waals surface area contributed by atoms with Gasteiger partial charge in [0, 0.05) is 33.2 Å². The van der Waals surface area contributed by atoms with Gasteiger partial charge in [-0.2, -0.15) is 5.10 Å². The number of hydrogen-bond acceptors (Lipinski definition) is 5. The average molecular weight is 770 g/mol. The molecule has 10 heteroatoms. The molecule has 0 aliphatic rings. The Morgan fingerprint density at radius 1 is 0.569 bits per heavy atom. The van der Waals surface area contributed by atoms with E-state index in [-0.39, 0.29) is 19.6 Å². The van der Waals surface area contributed by atoms with Crippen LogP contribution in [0.5, 0.6) is 0 Å². The van der Waals surface area contributed by atoms with Crippen molar-refractivity contribution < 1.29 is 14.7 Å². The fraction of sp³-hybridized carbons (Fsp3) is 0.146. The molecule has 58 heavy (non-hydrogen) atoms. The summed E-state index contributed by atoms with van der Waals surface area (Å²) in [5.41, 5.74) is 4.97. The number of nitrogens with zero attached hydrogens (tertiary/aromatic N) is 3. The summed E-state index contributed by atoms with van der Waals surface area (Å²) in [6, 6.07) is 61.0. The van der Waals surface area contributed by atoms with Gasteiger partial charge in [0.15, 0.2) is 0 Å². The Labute approximate surface area is 339 Å². The summed E-state index contributed by atoms with van der Waals surface area (Å²) in [4.78, 5) is 27.6. The molecule has 292 valence electrons. The quantitative estimate of drug-likeness (QED) is 0.0629. The van der Waals surface area contributed by atoms with Gasteiger partial charge >= 0.3 is 12.1 Å². The van der Waals surface area contributed by atoms with Crippen LogP contribution in [0.1, 0.15) is 33.4 Å². The first-order chi connectivity index (χ1) is 28.4. The van der Waals surface area contributed by atoms with Gasteiger partial charge in [0.25, 0.3) is 0 Å². The van der Waals surface area contributed by atoms with Crippen LogP contribution in [0.15, 0.2) is 188 Å². The van der Waals surface area contributed by atoms with Crippen molar-refractivity contribution in [1.29, 1.82) is 0 Å². The first kappa shape index (κ1) is 39.1. The fourth-order valence-electron chi connectivity index (χ4n) is 7.69. The molecule has 1 heterocycles. The topological polar surface area (TPSA) is 124 Å². The largest absolute Gasteiger partial charge is 0.465 e. The normalized spacial score (nSPS) is 11.4. The zero-order chi connectivity index (χ0) is 40.2. The van der Waals surface area contributed by atoms with Gasteiger partial charge in [-0.3, -0.25) is 10.00 Å². The van der Waals surface area contributed by atoms with E-state index in [2.05, 4.69) is 99.2 Å². The van der Waals surface area contributed by atoms with Crippen LogP contribution in [0.25, 0.3) is 0 Å². The predicted octanol–water partition coefficient (Wildman–Crippen LogP) is 8.51. The number of carboxylic acid groups (broad SMARTS) is 1. The van der Waals surface area contributed by atoms with Crippen LogP contribution < -0.4 is 21.3 Å². The Hall–Kier alpha value is -7.17. The molecule has 0 unspecified atom stereocenters. The molecule has 1 aromatic heterocycles. The van der Waals surface area contributed by atoms with Crippen LogP contribution in [0, 0.1) is 0 Å². The van der Waals surface area contributed by atoms with Crippen LogP contribution in [0.2, 0.25) is 0 Å². The number of urea groups is 1. The molecule has 3 amide bonds. The minimum Gasteiger partial charge on any atom is -0.465 e. The highest BCUT2D eigenvalue weighted by molar-refractivity contribution is 5.92. The number of aromatic nitrogens is 2. The summed E-state index contributed by atoms with van der Waals surface area (Å²) in [7, 11) is 1.83. The fourth-order valence-corrected chi connectivity index (χ4v) is 7.69. The van der Waals surface area contributed by atoms with Gasteiger partial charge in [0.1, 0.15) is 17.0 Å². The van der Waals surface area contributed by atoms with Crippen LogP contribution >= 0.6 is 0 Å². The van der Waals surface area contributed by atoms with Gasteiger partial charge in [0.2, 0.25) is 0 Å². The molecule has 7 rings (SSSR count). The third-order valence-corrected chi connectivity index (χ3v) is 10.4. The van der Waals surface area contributed by atoms with E-state index in [0.29, 0.717) is 18.1 Å². The molecule has 6 aromatic carbocycles. The molecule has 7 aromatic rings. The van der Waals surface area contributed by atoms with E-state index >= 15 is 0 Å². The molecule has 0 aliphatic heterocycles. The van der Waals surface area contributed by atoms with Gasteiger partial charge in [-0.25, -0.2) is 9.59 Å². The lowest BCUT2D eigenvalue weighted by atomic mass is 9.77. The summed E-state index contributed by atoms with van der Waals surface area (Å²) in [6.07, 6.45) is 0.468. The Morgan fingerprint density at radius 2 is 0.931 bits per heavy atom. The maximum absolute atomic E-state index is 14.4. The Balaban J connectivity index is 1.21. The smallest absolute Gasteiger partial charge is 0.404 e. The Bertz CT molecular complexity index is 2170. The van der Waals surface area contributed by atoms with Crippen molar-refractivity contribution in [2.24, 2.45) is 7.05 Å². The highest BCUT2D eigenvalue weighted by atomic mass is 16.4. The van der Waals surface area contributed by atoms with Crippen LogP contribution in [0.4, 0.5) is 21.1 Å². The molecular weight excluding hydrogens is 723 g/mol. The predicted molar refractivity (Wildman–Crippen MR) is 230 cm³/mol. The van der Waals surface area contributed by atoms with Crippen molar-refractivity contribution in [3.63, 3.8) is 0 Å². The van der Waals surface area contributed by atoms with E-state index in [1.54, 1.807) is 15.8 Å². The molecule has 0 spiro atoms. The Kier molecular flexibility index (Phi) is 12.3. The summed E-state index contributed by atoms with van der Waals surface area (Å²) >= 11 is 0. The molecule has 5 N–H and O–H groups in total. The second-order valence-electron chi connectivity index (χ2n) is 13.9. The maximum Gasteiger partial charge on any atom is 0.404 e. The number of anilines is 2. The summed E-state index contributed by atoms with van der Waals surface area (Å²) in [5, 5.41) is 27.3. The summed E-state index contributed by atoms with van der Waals surface area (Å²) in [5.74, 6) is 0.586. The highest BCUT2D eigenvalue weighted by Crippen LogP contribution is 2.42. The SMILES string of the molecule is Cn1ncc(NC(=O)N(CCNC(=O)O)CCNC(c2ccccc2)(c2ccccc2)c2ccccc2)c1NC(c1ccccc1)(c1ccccc1)c1ccccc1. The van der Waals surface area contributed by atoms with E-state index in [1.165, 1.54) is 0 Å². The number of rotatable bonds is 16. The lowest BCUT2D eigenvalue weighted by Crippen LogP contribution is -2.49. The maximum atomic E-state index is 14.4. The molecule has 0 radical (unpaired) electrons. The van der Waals surface area contributed by atoms with Crippen molar-refractivity contribution in [3.8, 4) is 0 Å². The number of aryl methyl sites for hydroxylation is 1. The second-order valence-corrected chi connectivity index (χ2v) is 13.9. The van der Waals surface area contributed by atoms with Crippen molar-refractivity contribution in [2.45, 2.75) is 11.1 Å². The number of benzene rings is 6. The van der Waals surface area contributed by atoms with Gasteiger partial charge in [0.05, 0.1) is 11.7 Å². The zero-order valence-corrected chi connectivity index (χ0v) is 32.3. The third-order valence-electron chi connectivity index (χ3n) is 10.4. The van der Waals surface area contributed by atoms with E-state index in [1.807, 2.05) is 116 Å². The molecule has 0 atom stereocenters. The van der Waals surface area contributed by atoms with E-state index in [9.17, 15) is 14.7 Å². The average Bonchev–Trinajstić information content (AvgIpc) is 3.62. The van der Waals surface area contributed by atoms with Crippen LogP contribution in [-0.4, -0.2) is 58.1 Å². The Morgan fingerprint density at radius 3 is 1.31 bits per heavy atom. The van der Waals surface area contributed by atoms with Crippen molar-refractivity contribution in [3.05, 3.63) is 222 Å². The lowest BCUT2D eigenvalue weighted by molar-refractivity contribution is 0.189. The lowest BCUT2D eigenvalue weighted by Gasteiger charge is -2.38. The monoisotopic (exact) mass is 769 g/mol. The van der Waals surface area contributed by atoms with Crippen molar-refractivity contribution in [2.75, 3.05) is 36.8 Å². The first-order valence-electron chi connectivity index (χ1n) is 19.3. The highest BCUT2D eigenvalue weighted by Gasteiger charge is 2.39. The molecule has 0 aliphatic carbocycles. The number of hydrogen-bond donors (Lipinski definition) is 5. The van der Waals surface area contributed by atoms with Crippen LogP contribution in [0.3, 0.4) is 0 Å². The first-order valence-corrected chi connectivity index (χ1v) is 19.3. The number of amides is 3. The molecular formula is C48H47N7O3. The van der Waals surface area contributed by atoms with Crippen molar-refractivity contribution in [1.82, 2.24) is 25.3 Å². The van der Waals surface area contributed by atoms with Gasteiger partial charge in [-0.05, 0) is 33.4 Å². The number of carbonyl (C=O) groups is 2. The van der Waals surface area contributed by atoms with E-state index in [0.717, 1.165) is 33.4 Å². The number of carbonyl (C=O) groups excluding carboxylic acids is 1. The zero-order valence-electron chi connectivity index (χ0n) is 32.3.